The lowest BCUT2D eigenvalue weighted by molar-refractivity contribution is -0.117. The summed E-state index contributed by atoms with van der Waals surface area (Å²) in [5.74, 6) is 1.58. The van der Waals surface area contributed by atoms with Crippen LogP contribution >= 0.6 is 0 Å². The van der Waals surface area contributed by atoms with Gasteiger partial charge in [0.05, 0.1) is 11.8 Å². The van der Waals surface area contributed by atoms with E-state index in [4.69, 9.17) is 9.47 Å². The van der Waals surface area contributed by atoms with Crippen LogP contribution in [-0.4, -0.2) is 11.8 Å². The van der Waals surface area contributed by atoms with E-state index in [0.717, 1.165) is 55.9 Å². The molecule has 6 aromatic rings. The van der Waals surface area contributed by atoms with Crippen molar-refractivity contribution in [3.05, 3.63) is 167 Å². The first-order valence-corrected chi connectivity index (χ1v) is 16.0. The van der Waals surface area contributed by atoms with Crippen LogP contribution in [0, 0.1) is 13.8 Å². The van der Waals surface area contributed by atoms with Gasteiger partial charge in [-0.05, 0) is 84.6 Å². The third kappa shape index (κ3) is 5.17. The molecule has 0 unspecified atom stereocenters. The predicted octanol–water partition coefficient (Wildman–Crippen LogP) is 9.72. The molecule has 0 fully saturated rings. The lowest BCUT2D eigenvalue weighted by Gasteiger charge is -2.27. The molecule has 0 bridgehead atoms. The van der Waals surface area contributed by atoms with Crippen molar-refractivity contribution in [1.29, 1.82) is 0 Å². The Kier molecular flexibility index (Phi) is 7.26. The fraction of sp³-hybridized carbons (Fsp3) is 0.0952. The Labute approximate surface area is 279 Å². The fourth-order valence-corrected chi connectivity index (χ4v) is 6.76. The Bertz CT molecular complexity index is 1990. The molecule has 0 aromatic heterocycles. The molecule has 2 amide bonds. The minimum absolute atomic E-state index is 0.111. The molecule has 2 aliphatic rings. The maximum absolute atomic E-state index is 13.8. The summed E-state index contributed by atoms with van der Waals surface area (Å²) in [6.07, 6.45) is 0. The topological polar surface area (TPSA) is 76.7 Å². The van der Waals surface area contributed by atoms with Crippen molar-refractivity contribution >= 4 is 23.2 Å². The SMILES string of the molecule is Cc1cc(-c2ccc(NC(=O)C3c4ccccc4Oc4ccccc43)c(C)c2)ccc1NC(=O)C1c2ccccc2Oc2ccccc21. The van der Waals surface area contributed by atoms with Gasteiger partial charge in [0.25, 0.3) is 0 Å². The van der Waals surface area contributed by atoms with E-state index in [1.165, 1.54) is 0 Å². The van der Waals surface area contributed by atoms with Gasteiger partial charge in [0, 0.05) is 33.6 Å². The van der Waals surface area contributed by atoms with E-state index in [1.54, 1.807) is 0 Å². The molecule has 0 aliphatic carbocycles. The number of nitrogens with one attached hydrogen (secondary N) is 2. The van der Waals surface area contributed by atoms with Crippen molar-refractivity contribution in [3.63, 3.8) is 0 Å². The lowest BCUT2D eigenvalue weighted by atomic mass is 9.87. The number of rotatable bonds is 5. The Morgan fingerprint density at radius 3 is 1.08 bits per heavy atom. The van der Waals surface area contributed by atoms with Crippen LogP contribution < -0.4 is 20.1 Å². The Morgan fingerprint density at radius 2 is 0.771 bits per heavy atom. The number of para-hydroxylation sites is 4. The largest absolute Gasteiger partial charge is 0.457 e. The van der Waals surface area contributed by atoms with Crippen LogP contribution in [0.15, 0.2) is 133 Å². The number of carbonyl (C=O) groups excluding carboxylic acids is 2. The zero-order chi connectivity index (χ0) is 32.8. The number of amides is 2. The summed E-state index contributed by atoms with van der Waals surface area (Å²) >= 11 is 0. The number of benzene rings is 6. The molecule has 0 radical (unpaired) electrons. The summed E-state index contributed by atoms with van der Waals surface area (Å²) in [4.78, 5) is 27.6. The Hall–Kier alpha value is -6.14. The highest BCUT2D eigenvalue weighted by atomic mass is 16.5. The van der Waals surface area contributed by atoms with Crippen molar-refractivity contribution in [1.82, 2.24) is 0 Å². The van der Waals surface area contributed by atoms with E-state index >= 15 is 0 Å². The number of fused-ring (bicyclic) bond motifs is 4. The molecule has 6 nitrogen and oxygen atoms in total. The highest BCUT2D eigenvalue weighted by molar-refractivity contribution is 6.01. The number of carbonyl (C=O) groups is 2. The van der Waals surface area contributed by atoms with Crippen molar-refractivity contribution in [2.45, 2.75) is 25.7 Å². The standard InChI is InChI=1S/C42H32N2O4/c1-25-23-27(19-21-33(25)43-41(45)39-29-11-3-7-15-35(29)47-36-16-8-4-12-30(36)39)28-20-22-34(26(2)24-28)44-42(46)40-31-13-5-9-17-37(31)48-38-18-10-6-14-32(38)40/h3-24,39-40H,1-2H3,(H,43,45)(H,44,46). The average molecular weight is 629 g/mol. The van der Waals surface area contributed by atoms with Crippen LogP contribution in [0.1, 0.15) is 45.2 Å². The minimum Gasteiger partial charge on any atom is -0.457 e. The second-order valence-corrected chi connectivity index (χ2v) is 12.3. The zero-order valence-electron chi connectivity index (χ0n) is 26.5. The third-order valence-corrected chi connectivity index (χ3v) is 9.19. The normalized spacial score (nSPS) is 13.1. The highest BCUT2D eigenvalue weighted by Crippen LogP contribution is 2.46. The summed E-state index contributed by atoms with van der Waals surface area (Å²) in [6, 6.07) is 42.8. The van der Waals surface area contributed by atoms with Crippen molar-refractivity contribution < 1.29 is 19.1 Å². The molecule has 2 aliphatic heterocycles. The summed E-state index contributed by atoms with van der Waals surface area (Å²) < 4.78 is 12.2. The van der Waals surface area contributed by atoms with Gasteiger partial charge >= 0.3 is 0 Å². The molecule has 6 heteroatoms. The summed E-state index contributed by atoms with van der Waals surface area (Å²) in [7, 11) is 0. The molecule has 2 N–H and O–H groups in total. The van der Waals surface area contributed by atoms with Crippen LogP contribution in [0.2, 0.25) is 0 Å². The van der Waals surface area contributed by atoms with Crippen LogP contribution in [-0.2, 0) is 9.59 Å². The molecule has 2 heterocycles. The molecular weight excluding hydrogens is 596 g/mol. The maximum atomic E-state index is 13.8. The van der Waals surface area contributed by atoms with E-state index in [0.29, 0.717) is 23.0 Å². The molecular formula is C42H32N2O4. The van der Waals surface area contributed by atoms with Crippen LogP contribution in [0.25, 0.3) is 11.1 Å². The fourth-order valence-electron chi connectivity index (χ4n) is 6.76. The molecule has 0 saturated heterocycles. The van der Waals surface area contributed by atoms with E-state index in [9.17, 15) is 9.59 Å². The lowest BCUT2D eigenvalue weighted by Crippen LogP contribution is -2.25. The molecule has 0 spiro atoms. The van der Waals surface area contributed by atoms with Gasteiger partial charge in [-0.15, -0.1) is 0 Å². The van der Waals surface area contributed by atoms with Crippen LogP contribution in [0.3, 0.4) is 0 Å². The Morgan fingerprint density at radius 1 is 0.458 bits per heavy atom. The van der Waals surface area contributed by atoms with Crippen molar-refractivity contribution in [3.8, 4) is 34.1 Å². The average Bonchev–Trinajstić information content (AvgIpc) is 3.11. The first-order chi connectivity index (χ1) is 23.4. The van der Waals surface area contributed by atoms with Gasteiger partial charge in [-0.3, -0.25) is 9.59 Å². The summed E-state index contributed by atoms with van der Waals surface area (Å²) in [5, 5.41) is 6.35. The Balaban J connectivity index is 1.02. The van der Waals surface area contributed by atoms with Crippen molar-refractivity contribution in [2.75, 3.05) is 10.6 Å². The second kappa shape index (κ2) is 11.9. The van der Waals surface area contributed by atoms with Crippen LogP contribution in [0.5, 0.6) is 23.0 Å². The molecule has 6 aromatic carbocycles. The highest BCUT2D eigenvalue weighted by Gasteiger charge is 2.34. The summed E-state index contributed by atoms with van der Waals surface area (Å²) in [5.41, 5.74) is 8.80. The molecule has 0 saturated carbocycles. The van der Waals surface area contributed by atoms with Crippen LogP contribution in [0.4, 0.5) is 11.4 Å². The van der Waals surface area contributed by atoms with E-state index < -0.39 is 11.8 Å². The van der Waals surface area contributed by atoms with Gasteiger partial charge in [0.2, 0.25) is 11.8 Å². The quantitative estimate of drug-likeness (QED) is 0.199. The number of hydrogen-bond acceptors (Lipinski definition) is 4. The summed E-state index contributed by atoms with van der Waals surface area (Å²) in [6.45, 7) is 3.99. The number of ether oxygens (including phenoxy) is 2. The second-order valence-electron chi connectivity index (χ2n) is 12.3. The molecule has 0 atom stereocenters. The maximum Gasteiger partial charge on any atom is 0.236 e. The predicted molar refractivity (Wildman–Crippen MR) is 188 cm³/mol. The van der Waals surface area contributed by atoms with Crippen molar-refractivity contribution in [2.24, 2.45) is 0 Å². The van der Waals surface area contributed by atoms with Gasteiger partial charge in [-0.25, -0.2) is 0 Å². The number of aryl methyl sites for hydroxylation is 2. The minimum atomic E-state index is -0.487. The van der Waals surface area contributed by atoms with Gasteiger partial charge in [-0.1, -0.05) is 84.9 Å². The smallest absolute Gasteiger partial charge is 0.236 e. The zero-order valence-corrected chi connectivity index (χ0v) is 26.5. The third-order valence-electron chi connectivity index (χ3n) is 9.19. The monoisotopic (exact) mass is 628 g/mol. The number of anilines is 2. The van der Waals surface area contributed by atoms with E-state index in [-0.39, 0.29) is 11.8 Å². The molecule has 48 heavy (non-hydrogen) atoms. The van der Waals surface area contributed by atoms with Gasteiger partial charge in [-0.2, -0.15) is 0 Å². The van der Waals surface area contributed by atoms with Gasteiger partial charge in [0.15, 0.2) is 0 Å². The first-order valence-electron chi connectivity index (χ1n) is 16.0. The van der Waals surface area contributed by atoms with E-state index in [1.807, 2.05) is 135 Å². The van der Waals surface area contributed by atoms with Gasteiger partial charge in [0.1, 0.15) is 23.0 Å². The molecule has 8 rings (SSSR count). The van der Waals surface area contributed by atoms with E-state index in [2.05, 4.69) is 22.8 Å². The molecule has 234 valence electrons. The van der Waals surface area contributed by atoms with Gasteiger partial charge < -0.3 is 20.1 Å². The first kappa shape index (κ1) is 29.3. The number of hydrogen-bond donors (Lipinski definition) is 2.